The first-order chi connectivity index (χ1) is 11.3. The molecule has 9 heteroatoms. The first-order valence-corrected chi connectivity index (χ1v) is 8.12. The van der Waals surface area contributed by atoms with Crippen molar-refractivity contribution in [2.75, 3.05) is 20.1 Å². The summed E-state index contributed by atoms with van der Waals surface area (Å²) < 4.78 is 0. The summed E-state index contributed by atoms with van der Waals surface area (Å²) in [6, 6.07) is -2.62. The summed E-state index contributed by atoms with van der Waals surface area (Å²) >= 11 is 0. The second-order valence-corrected chi connectivity index (χ2v) is 5.99. The van der Waals surface area contributed by atoms with Crippen molar-refractivity contribution in [2.24, 2.45) is 5.73 Å². The number of carbonyl (C=O) groups excluding carboxylic acids is 4. The molecule has 0 bridgehead atoms. The van der Waals surface area contributed by atoms with Gasteiger partial charge in [-0.25, -0.2) is 0 Å². The highest BCUT2D eigenvalue weighted by molar-refractivity contribution is 5.95. The summed E-state index contributed by atoms with van der Waals surface area (Å²) in [4.78, 5) is 49.6. The van der Waals surface area contributed by atoms with E-state index < -0.39 is 35.8 Å². The minimum absolute atomic E-state index is 0.168. The van der Waals surface area contributed by atoms with Gasteiger partial charge in [0.1, 0.15) is 12.1 Å². The van der Waals surface area contributed by atoms with Crippen LogP contribution in [0.15, 0.2) is 0 Å². The van der Waals surface area contributed by atoms with Gasteiger partial charge in [0.05, 0.1) is 12.5 Å². The number of nitrogens with one attached hydrogen (secondary N) is 3. The molecule has 0 aromatic heterocycles. The van der Waals surface area contributed by atoms with Crippen molar-refractivity contribution in [1.82, 2.24) is 20.9 Å². The average Bonchev–Trinajstić information content (AvgIpc) is 3.07. The highest BCUT2D eigenvalue weighted by Gasteiger charge is 2.29. The van der Waals surface area contributed by atoms with E-state index >= 15 is 0 Å². The SMILES string of the molecule is CNC(=O)CC(NC(=O)C(C)N)C(=O)NC(C)C(=O)N1CCCC1. The molecule has 3 atom stereocenters. The molecule has 24 heavy (non-hydrogen) atoms. The Kier molecular flexibility index (Phi) is 7.63. The first-order valence-electron chi connectivity index (χ1n) is 8.12. The number of hydrogen-bond donors (Lipinski definition) is 4. The Morgan fingerprint density at radius 2 is 1.62 bits per heavy atom. The molecule has 9 nitrogen and oxygen atoms in total. The van der Waals surface area contributed by atoms with E-state index in [-0.39, 0.29) is 12.3 Å². The summed E-state index contributed by atoms with van der Waals surface area (Å²) in [6.07, 6.45) is 1.68. The van der Waals surface area contributed by atoms with Gasteiger partial charge in [-0.3, -0.25) is 19.2 Å². The normalized spacial score (nSPS) is 17.6. The quantitative estimate of drug-likeness (QED) is 0.428. The number of rotatable bonds is 7. The van der Waals surface area contributed by atoms with Crippen molar-refractivity contribution in [3.8, 4) is 0 Å². The van der Waals surface area contributed by atoms with Gasteiger partial charge in [-0.2, -0.15) is 0 Å². The second kappa shape index (κ2) is 9.21. The highest BCUT2D eigenvalue weighted by Crippen LogP contribution is 2.09. The van der Waals surface area contributed by atoms with Crippen LogP contribution in [0.1, 0.15) is 33.1 Å². The summed E-state index contributed by atoms with van der Waals surface area (Å²) in [7, 11) is 1.43. The molecule has 0 aromatic rings. The zero-order valence-corrected chi connectivity index (χ0v) is 14.4. The number of nitrogens with two attached hydrogens (primary N) is 1. The van der Waals surface area contributed by atoms with Crippen LogP contribution in [0.4, 0.5) is 0 Å². The topological polar surface area (TPSA) is 134 Å². The van der Waals surface area contributed by atoms with Gasteiger partial charge in [-0.1, -0.05) is 0 Å². The van der Waals surface area contributed by atoms with Crippen LogP contribution in [0.25, 0.3) is 0 Å². The van der Waals surface area contributed by atoms with Crippen LogP contribution < -0.4 is 21.7 Å². The lowest BCUT2D eigenvalue weighted by Crippen LogP contribution is -2.55. The molecular formula is C15H27N5O4. The van der Waals surface area contributed by atoms with Crippen LogP contribution in [0.5, 0.6) is 0 Å². The average molecular weight is 341 g/mol. The van der Waals surface area contributed by atoms with Gasteiger partial charge in [-0.05, 0) is 26.7 Å². The predicted octanol–water partition coefficient (Wildman–Crippen LogP) is -1.92. The van der Waals surface area contributed by atoms with Gasteiger partial charge >= 0.3 is 0 Å². The summed E-state index contributed by atoms with van der Waals surface area (Å²) in [5.74, 6) is -1.71. The Morgan fingerprint density at radius 3 is 2.12 bits per heavy atom. The van der Waals surface area contributed by atoms with E-state index in [2.05, 4.69) is 16.0 Å². The van der Waals surface area contributed by atoms with Crippen LogP contribution in [0.2, 0.25) is 0 Å². The second-order valence-electron chi connectivity index (χ2n) is 5.99. The molecule has 0 aliphatic carbocycles. The molecule has 1 heterocycles. The number of carbonyl (C=O) groups is 4. The Morgan fingerprint density at radius 1 is 1.04 bits per heavy atom. The summed E-state index contributed by atoms with van der Waals surface area (Å²) in [6.45, 7) is 4.43. The summed E-state index contributed by atoms with van der Waals surface area (Å²) in [5.41, 5.74) is 5.47. The molecule has 4 amide bonds. The first kappa shape index (κ1) is 19.9. The lowest BCUT2D eigenvalue weighted by atomic mass is 10.1. The van der Waals surface area contributed by atoms with Crippen molar-refractivity contribution in [2.45, 2.75) is 51.2 Å². The molecule has 1 rings (SSSR count). The molecule has 0 radical (unpaired) electrons. The third kappa shape index (κ3) is 5.80. The van der Waals surface area contributed by atoms with Crippen molar-refractivity contribution in [3.05, 3.63) is 0 Å². The largest absolute Gasteiger partial charge is 0.359 e. The number of hydrogen-bond acceptors (Lipinski definition) is 5. The molecule has 1 aliphatic rings. The van der Waals surface area contributed by atoms with Gasteiger partial charge in [0.2, 0.25) is 23.6 Å². The fourth-order valence-corrected chi connectivity index (χ4v) is 2.39. The van der Waals surface area contributed by atoms with Crippen LogP contribution >= 0.6 is 0 Å². The Hall–Kier alpha value is -2.16. The zero-order chi connectivity index (χ0) is 18.3. The molecule has 1 aliphatic heterocycles. The molecule has 1 fully saturated rings. The molecule has 5 N–H and O–H groups in total. The molecule has 1 saturated heterocycles. The minimum atomic E-state index is -1.09. The monoisotopic (exact) mass is 341 g/mol. The number of amides is 4. The van der Waals surface area contributed by atoms with Crippen LogP contribution in [0.3, 0.4) is 0 Å². The predicted molar refractivity (Wildman–Crippen MR) is 87.7 cm³/mol. The van der Waals surface area contributed by atoms with Crippen molar-refractivity contribution in [1.29, 1.82) is 0 Å². The smallest absolute Gasteiger partial charge is 0.244 e. The van der Waals surface area contributed by atoms with E-state index in [0.717, 1.165) is 12.8 Å². The standard InChI is InChI=1S/C15H27N5O4/c1-9(16)13(22)19-11(8-12(21)17-3)14(23)18-10(2)15(24)20-6-4-5-7-20/h9-11H,4-8,16H2,1-3H3,(H,17,21)(H,18,23)(H,19,22). The molecule has 136 valence electrons. The lowest BCUT2D eigenvalue weighted by Gasteiger charge is -2.24. The third-order valence-corrected chi connectivity index (χ3v) is 3.86. The van der Waals surface area contributed by atoms with Gasteiger partial charge in [-0.15, -0.1) is 0 Å². The van der Waals surface area contributed by atoms with E-state index in [4.69, 9.17) is 5.73 Å². The fourth-order valence-electron chi connectivity index (χ4n) is 2.39. The van der Waals surface area contributed by atoms with E-state index in [0.29, 0.717) is 13.1 Å². The maximum absolute atomic E-state index is 12.4. The number of likely N-dealkylation sites (tertiary alicyclic amines) is 1. The fraction of sp³-hybridized carbons (Fsp3) is 0.733. The third-order valence-electron chi connectivity index (χ3n) is 3.86. The van der Waals surface area contributed by atoms with Crippen LogP contribution in [-0.4, -0.2) is 66.8 Å². The Bertz CT molecular complexity index is 488. The molecule has 0 saturated carbocycles. The minimum Gasteiger partial charge on any atom is -0.359 e. The van der Waals surface area contributed by atoms with Gasteiger partial charge in [0.15, 0.2) is 0 Å². The highest BCUT2D eigenvalue weighted by atomic mass is 16.2. The van der Waals surface area contributed by atoms with E-state index in [1.807, 2.05) is 0 Å². The Labute approximate surface area is 141 Å². The molecule has 3 unspecified atom stereocenters. The van der Waals surface area contributed by atoms with Crippen molar-refractivity contribution < 1.29 is 19.2 Å². The van der Waals surface area contributed by atoms with Crippen LogP contribution in [-0.2, 0) is 19.2 Å². The maximum Gasteiger partial charge on any atom is 0.244 e. The molecular weight excluding hydrogens is 314 g/mol. The summed E-state index contributed by atoms with van der Waals surface area (Å²) in [5, 5.41) is 7.40. The van der Waals surface area contributed by atoms with E-state index in [1.165, 1.54) is 14.0 Å². The maximum atomic E-state index is 12.4. The number of nitrogens with zero attached hydrogens (tertiary/aromatic N) is 1. The molecule has 0 spiro atoms. The molecule has 0 aromatic carbocycles. The van der Waals surface area contributed by atoms with Gasteiger partial charge in [0.25, 0.3) is 0 Å². The van der Waals surface area contributed by atoms with Gasteiger partial charge < -0.3 is 26.6 Å². The zero-order valence-electron chi connectivity index (χ0n) is 14.4. The van der Waals surface area contributed by atoms with E-state index in [9.17, 15) is 19.2 Å². The lowest BCUT2D eigenvalue weighted by molar-refractivity contribution is -0.136. The van der Waals surface area contributed by atoms with Crippen molar-refractivity contribution in [3.63, 3.8) is 0 Å². The van der Waals surface area contributed by atoms with Crippen molar-refractivity contribution >= 4 is 23.6 Å². The van der Waals surface area contributed by atoms with E-state index in [1.54, 1.807) is 11.8 Å². The Balaban J connectivity index is 2.69. The van der Waals surface area contributed by atoms with Gasteiger partial charge in [0, 0.05) is 20.1 Å². The van der Waals surface area contributed by atoms with Crippen LogP contribution in [0, 0.1) is 0 Å².